The first-order chi connectivity index (χ1) is 11.9. The zero-order valence-electron chi connectivity index (χ0n) is 15.3. The fourth-order valence-electron chi connectivity index (χ4n) is 3.13. The van der Waals surface area contributed by atoms with Gasteiger partial charge in [0.15, 0.2) is 0 Å². The molecule has 2 aromatic rings. The molecule has 2 heterocycles. The summed E-state index contributed by atoms with van der Waals surface area (Å²) in [6.07, 6.45) is 3.38. The van der Waals surface area contributed by atoms with Crippen LogP contribution in [0.3, 0.4) is 0 Å². The minimum atomic E-state index is 0.0777. The molecule has 1 N–H and O–H groups in total. The average molecular weight is 358 g/mol. The quantitative estimate of drug-likeness (QED) is 0.870. The maximum atomic E-state index is 13.0. The van der Waals surface area contributed by atoms with Crippen LogP contribution in [-0.2, 0) is 0 Å². The lowest BCUT2D eigenvalue weighted by Crippen LogP contribution is -2.45. The van der Waals surface area contributed by atoms with E-state index in [0.29, 0.717) is 11.7 Å². The van der Waals surface area contributed by atoms with E-state index in [1.165, 1.54) is 6.42 Å². The number of nitrogens with zero attached hydrogens (tertiary/aromatic N) is 2. The topological polar surface area (TPSA) is 49.0 Å². The first-order valence-corrected chi connectivity index (χ1v) is 9.98. The predicted octanol–water partition coefficient (Wildman–Crippen LogP) is 4.60. The zero-order chi connectivity index (χ0) is 17.9. The minimum Gasteiger partial charge on any atom is -0.334 e. The molecule has 0 aliphatic carbocycles. The molecule has 1 atom stereocenters. The summed E-state index contributed by atoms with van der Waals surface area (Å²) in [5.41, 5.74) is 2.43. The Labute approximate surface area is 154 Å². The van der Waals surface area contributed by atoms with E-state index in [2.05, 4.69) is 31.0 Å². The number of carbonyl (C=O) groups is 1. The molecule has 1 saturated heterocycles. The van der Waals surface area contributed by atoms with Crippen molar-refractivity contribution < 1.29 is 4.79 Å². The molecule has 0 radical (unpaired) electrons. The molecule has 0 unspecified atom stereocenters. The van der Waals surface area contributed by atoms with Gasteiger partial charge in [0.05, 0.1) is 5.69 Å². The van der Waals surface area contributed by atoms with Gasteiger partial charge in [-0.05, 0) is 25.3 Å². The Bertz CT molecular complexity index is 705. The van der Waals surface area contributed by atoms with E-state index in [9.17, 15) is 4.79 Å². The Kier molecular flexibility index (Phi) is 5.52. The standard InChI is InChI=1S/C20H27N3OS/c1-20(2,3)25-14-16-11-7-8-12-23(16)19(24)18-13-17(21-22-18)15-9-5-4-6-10-15/h4-6,9-10,13,16H,7-8,11-12,14H2,1-3H3,(H,21,22)/t16-/m1/s1. The monoisotopic (exact) mass is 357 g/mol. The van der Waals surface area contributed by atoms with Crippen molar-refractivity contribution in [2.75, 3.05) is 12.3 Å². The first-order valence-electron chi connectivity index (χ1n) is 9.00. The van der Waals surface area contributed by atoms with Gasteiger partial charge < -0.3 is 4.90 Å². The predicted molar refractivity (Wildman–Crippen MR) is 105 cm³/mol. The second-order valence-electron chi connectivity index (χ2n) is 7.60. The van der Waals surface area contributed by atoms with E-state index in [-0.39, 0.29) is 10.7 Å². The highest BCUT2D eigenvalue weighted by atomic mass is 32.2. The highest BCUT2D eigenvalue weighted by molar-refractivity contribution is 8.00. The molecule has 134 valence electrons. The Hall–Kier alpha value is -1.75. The summed E-state index contributed by atoms with van der Waals surface area (Å²) in [5.74, 6) is 1.07. The third-order valence-electron chi connectivity index (χ3n) is 4.47. The number of H-pyrrole nitrogens is 1. The molecule has 1 fully saturated rings. The van der Waals surface area contributed by atoms with Gasteiger partial charge in [0.25, 0.3) is 5.91 Å². The summed E-state index contributed by atoms with van der Waals surface area (Å²) in [7, 11) is 0. The van der Waals surface area contributed by atoms with Crippen molar-refractivity contribution in [3.05, 3.63) is 42.1 Å². The molecule has 1 aliphatic rings. The maximum Gasteiger partial charge on any atom is 0.272 e. The number of nitrogens with one attached hydrogen (secondary N) is 1. The van der Waals surface area contributed by atoms with Crippen molar-refractivity contribution in [1.82, 2.24) is 15.1 Å². The van der Waals surface area contributed by atoms with Crippen LogP contribution in [0.5, 0.6) is 0 Å². The molecule has 25 heavy (non-hydrogen) atoms. The molecule has 0 bridgehead atoms. The number of piperidine rings is 1. The van der Waals surface area contributed by atoms with Crippen LogP contribution in [0.15, 0.2) is 36.4 Å². The van der Waals surface area contributed by atoms with Crippen LogP contribution in [0.4, 0.5) is 0 Å². The number of likely N-dealkylation sites (tertiary alicyclic amines) is 1. The van der Waals surface area contributed by atoms with E-state index in [1.54, 1.807) is 0 Å². The smallest absolute Gasteiger partial charge is 0.272 e. The Morgan fingerprint density at radius 1 is 1.28 bits per heavy atom. The van der Waals surface area contributed by atoms with E-state index in [4.69, 9.17) is 0 Å². The van der Waals surface area contributed by atoms with Gasteiger partial charge >= 0.3 is 0 Å². The van der Waals surface area contributed by atoms with Crippen LogP contribution >= 0.6 is 11.8 Å². The normalized spacial score (nSPS) is 18.4. The van der Waals surface area contributed by atoms with Gasteiger partial charge in [-0.15, -0.1) is 0 Å². The third kappa shape index (κ3) is 4.66. The molecule has 1 aromatic carbocycles. The molecular weight excluding hydrogens is 330 g/mol. The molecule has 0 saturated carbocycles. The Balaban J connectivity index is 1.73. The van der Waals surface area contributed by atoms with Crippen molar-refractivity contribution in [2.24, 2.45) is 0 Å². The van der Waals surface area contributed by atoms with Gasteiger partial charge in [0.2, 0.25) is 0 Å². The Morgan fingerprint density at radius 3 is 2.76 bits per heavy atom. The fraction of sp³-hybridized carbons (Fsp3) is 0.500. The van der Waals surface area contributed by atoms with Crippen molar-refractivity contribution >= 4 is 17.7 Å². The number of carbonyl (C=O) groups excluding carboxylic acids is 1. The summed E-state index contributed by atoms with van der Waals surface area (Å²) in [6.45, 7) is 7.53. The lowest BCUT2D eigenvalue weighted by atomic mass is 10.0. The van der Waals surface area contributed by atoms with Crippen LogP contribution < -0.4 is 0 Å². The van der Waals surface area contributed by atoms with Crippen LogP contribution in [0.1, 0.15) is 50.5 Å². The van der Waals surface area contributed by atoms with Crippen LogP contribution in [0.25, 0.3) is 11.3 Å². The highest BCUT2D eigenvalue weighted by Gasteiger charge is 2.29. The van der Waals surface area contributed by atoms with Gasteiger partial charge in [0, 0.05) is 28.6 Å². The average Bonchev–Trinajstić information content (AvgIpc) is 3.10. The molecule has 5 heteroatoms. The third-order valence-corrected chi connectivity index (χ3v) is 5.89. The SMILES string of the molecule is CC(C)(C)SC[C@H]1CCCCN1C(=O)c1cc(-c2ccccc2)n[nH]1. The number of aromatic amines is 1. The number of thioether (sulfide) groups is 1. The second kappa shape index (κ2) is 7.65. The van der Waals surface area contributed by atoms with Gasteiger partial charge in [0.1, 0.15) is 5.69 Å². The zero-order valence-corrected chi connectivity index (χ0v) is 16.1. The largest absolute Gasteiger partial charge is 0.334 e. The number of benzene rings is 1. The van der Waals surface area contributed by atoms with Crippen molar-refractivity contribution in [1.29, 1.82) is 0 Å². The number of rotatable bonds is 4. The first kappa shape index (κ1) is 18.1. The lowest BCUT2D eigenvalue weighted by molar-refractivity contribution is 0.0634. The minimum absolute atomic E-state index is 0.0777. The molecule has 0 spiro atoms. The molecule has 4 nitrogen and oxygen atoms in total. The van der Waals surface area contributed by atoms with Gasteiger partial charge in [-0.2, -0.15) is 16.9 Å². The van der Waals surface area contributed by atoms with Crippen molar-refractivity contribution in [2.45, 2.75) is 50.8 Å². The molecular formula is C20H27N3OS. The van der Waals surface area contributed by atoms with Gasteiger partial charge in [-0.3, -0.25) is 9.89 Å². The number of hydrogen-bond donors (Lipinski definition) is 1. The summed E-state index contributed by atoms with van der Waals surface area (Å²) >= 11 is 1.94. The summed E-state index contributed by atoms with van der Waals surface area (Å²) in [4.78, 5) is 15.1. The molecule has 1 aliphatic heterocycles. The summed E-state index contributed by atoms with van der Waals surface area (Å²) in [6, 6.07) is 12.1. The highest BCUT2D eigenvalue weighted by Crippen LogP contribution is 2.29. The van der Waals surface area contributed by atoms with Crippen LogP contribution in [0, 0.1) is 0 Å². The van der Waals surface area contributed by atoms with E-state index < -0.39 is 0 Å². The number of amides is 1. The van der Waals surface area contributed by atoms with Crippen LogP contribution in [0.2, 0.25) is 0 Å². The lowest BCUT2D eigenvalue weighted by Gasteiger charge is -2.36. The summed E-state index contributed by atoms with van der Waals surface area (Å²) in [5, 5.41) is 7.28. The van der Waals surface area contributed by atoms with Crippen LogP contribution in [-0.4, -0.2) is 44.1 Å². The maximum absolute atomic E-state index is 13.0. The van der Waals surface area contributed by atoms with E-state index in [0.717, 1.165) is 36.4 Å². The van der Waals surface area contributed by atoms with E-state index in [1.807, 2.05) is 53.1 Å². The second-order valence-corrected chi connectivity index (χ2v) is 9.45. The van der Waals surface area contributed by atoms with Gasteiger partial charge in [-0.1, -0.05) is 51.1 Å². The fourth-order valence-corrected chi connectivity index (χ4v) is 4.17. The Morgan fingerprint density at radius 2 is 2.04 bits per heavy atom. The molecule has 1 aromatic heterocycles. The number of hydrogen-bond acceptors (Lipinski definition) is 3. The molecule has 1 amide bonds. The molecule has 3 rings (SSSR count). The van der Waals surface area contributed by atoms with Crippen molar-refractivity contribution in [3.8, 4) is 11.3 Å². The van der Waals surface area contributed by atoms with Crippen molar-refractivity contribution in [3.63, 3.8) is 0 Å². The number of aromatic nitrogens is 2. The van der Waals surface area contributed by atoms with Gasteiger partial charge in [-0.25, -0.2) is 0 Å². The summed E-state index contributed by atoms with van der Waals surface area (Å²) < 4.78 is 0.223. The van der Waals surface area contributed by atoms with E-state index >= 15 is 0 Å².